The van der Waals surface area contributed by atoms with Gasteiger partial charge in [-0.25, -0.2) is 0 Å². The zero-order chi connectivity index (χ0) is 15.9. The Hall–Kier alpha value is -2.56. The maximum atomic E-state index is 11.0. The molecule has 0 aromatic heterocycles. The Kier molecular flexibility index (Phi) is 5.36. The lowest BCUT2D eigenvalue weighted by Gasteiger charge is -2.20. The predicted octanol–water partition coefficient (Wildman–Crippen LogP) is 4.22. The van der Waals surface area contributed by atoms with Crippen LogP contribution in [0.3, 0.4) is 0 Å². The summed E-state index contributed by atoms with van der Waals surface area (Å²) in [5.41, 5.74) is -0.0222. The summed E-state index contributed by atoms with van der Waals surface area (Å²) in [5.74, 6) is 1.08. The van der Waals surface area contributed by atoms with Gasteiger partial charge < -0.3 is 9.47 Å². The van der Waals surface area contributed by atoms with Gasteiger partial charge in [-0.1, -0.05) is 30.3 Å². The molecule has 0 spiro atoms. The highest BCUT2D eigenvalue weighted by atomic mass is 16.6. The summed E-state index contributed by atoms with van der Waals surface area (Å²) in [7, 11) is 0. The lowest BCUT2D eigenvalue weighted by molar-refractivity contribution is -0.386. The average Bonchev–Trinajstić information content (AvgIpc) is 2.48. The van der Waals surface area contributed by atoms with Crippen LogP contribution in [0.2, 0.25) is 0 Å². The molecule has 0 amide bonds. The van der Waals surface area contributed by atoms with Crippen molar-refractivity contribution in [3.63, 3.8) is 0 Å². The van der Waals surface area contributed by atoms with Gasteiger partial charge >= 0.3 is 5.69 Å². The number of hydrogen-bond acceptors (Lipinski definition) is 4. The molecule has 0 unspecified atom stereocenters. The average molecular weight is 301 g/mol. The highest BCUT2D eigenvalue weighted by molar-refractivity contribution is 5.45. The summed E-state index contributed by atoms with van der Waals surface area (Å²) < 4.78 is 11.5. The predicted molar refractivity (Wildman–Crippen MR) is 84.3 cm³/mol. The van der Waals surface area contributed by atoms with Crippen LogP contribution in [0.4, 0.5) is 5.69 Å². The van der Waals surface area contributed by atoms with E-state index >= 15 is 0 Å². The Morgan fingerprint density at radius 1 is 0.955 bits per heavy atom. The van der Waals surface area contributed by atoms with Crippen molar-refractivity contribution < 1.29 is 14.4 Å². The van der Waals surface area contributed by atoms with Gasteiger partial charge in [0.25, 0.3) is 0 Å². The van der Waals surface area contributed by atoms with Crippen molar-refractivity contribution in [1.29, 1.82) is 0 Å². The molecule has 2 aromatic rings. The van der Waals surface area contributed by atoms with Crippen LogP contribution >= 0.6 is 0 Å². The summed E-state index contributed by atoms with van der Waals surface area (Å²) in [4.78, 5) is 10.5. The third-order valence-corrected chi connectivity index (χ3v) is 3.13. The SMILES string of the molecule is C[C@H](C[C@@H](C)Oc1ccccc1[N+](=O)[O-])Oc1ccccc1. The first-order valence-corrected chi connectivity index (χ1v) is 7.18. The van der Waals surface area contributed by atoms with Crippen LogP contribution in [0.25, 0.3) is 0 Å². The summed E-state index contributed by atoms with van der Waals surface area (Å²) in [6.45, 7) is 3.83. The van der Waals surface area contributed by atoms with E-state index in [1.165, 1.54) is 6.07 Å². The van der Waals surface area contributed by atoms with Crippen molar-refractivity contribution in [2.45, 2.75) is 32.5 Å². The highest BCUT2D eigenvalue weighted by Gasteiger charge is 2.18. The standard InChI is InChI=1S/C17H19NO4/c1-13(21-15-8-4-3-5-9-15)12-14(2)22-17-11-7-6-10-16(17)18(19)20/h3-11,13-14H,12H2,1-2H3/t13-,14-/m1/s1. The molecule has 0 fully saturated rings. The Morgan fingerprint density at radius 3 is 2.23 bits per heavy atom. The van der Waals surface area contributed by atoms with Crippen molar-refractivity contribution in [1.82, 2.24) is 0 Å². The van der Waals surface area contributed by atoms with E-state index in [2.05, 4.69) is 0 Å². The topological polar surface area (TPSA) is 61.6 Å². The molecule has 2 atom stereocenters. The number of para-hydroxylation sites is 3. The van der Waals surface area contributed by atoms with Gasteiger partial charge in [0.05, 0.1) is 17.1 Å². The van der Waals surface area contributed by atoms with E-state index in [-0.39, 0.29) is 23.6 Å². The fourth-order valence-electron chi connectivity index (χ4n) is 2.22. The fraction of sp³-hybridized carbons (Fsp3) is 0.294. The van der Waals surface area contributed by atoms with Crippen molar-refractivity contribution >= 4 is 5.69 Å². The van der Waals surface area contributed by atoms with Crippen LogP contribution in [-0.2, 0) is 0 Å². The van der Waals surface area contributed by atoms with E-state index in [1.807, 2.05) is 44.2 Å². The van der Waals surface area contributed by atoms with Gasteiger partial charge in [0, 0.05) is 12.5 Å². The Balaban J connectivity index is 1.93. The van der Waals surface area contributed by atoms with Crippen molar-refractivity contribution in [3.8, 4) is 11.5 Å². The number of nitro benzene ring substituents is 1. The number of hydrogen-bond donors (Lipinski definition) is 0. The minimum absolute atomic E-state index is 0.0222. The number of nitrogens with zero attached hydrogens (tertiary/aromatic N) is 1. The molecule has 2 aromatic carbocycles. The fourth-order valence-corrected chi connectivity index (χ4v) is 2.22. The maximum absolute atomic E-state index is 11.0. The molecule has 5 heteroatoms. The second-order valence-corrected chi connectivity index (χ2v) is 5.13. The van der Waals surface area contributed by atoms with Gasteiger partial charge in [0.15, 0.2) is 5.75 Å². The number of nitro groups is 1. The van der Waals surface area contributed by atoms with Gasteiger partial charge in [-0.15, -0.1) is 0 Å². The molecule has 0 aliphatic rings. The number of rotatable bonds is 7. The zero-order valence-electron chi connectivity index (χ0n) is 12.6. The van der Waals surface area contributed by atoms with Crippen LogP contribution < -0.4 is 9.47 Å². The molecule has 0 heterocycles. The summed E-state index contributed by atoms with van der Waals surface area (Å²) in [6.07, 6.45) is 0.376. The molecule has 0 saturated heterocycles. The van der Waals surface area contributed by atoms with Crippen molar-refractivity contribution in [3.05, 3.63) is 64.7 Å². The zero-order valence-corrected chi connectivity index (χ0v) is 12.6. The molecule has 116 valence electrons. The lowest BCUT2D eigenvalue weighted by Crippen LogP contribution is -2.23. The first kappa shape index (κ1) is 15.8. The molecule has 0 aliphatic carbocycles. The molecule has 0 aliphatic heterocycles. The number of ether oxygens (including phenoxy) is 2. The molecule has 0 radical (unpaired) electrons. The molecule has 2 rings (SSSR count). The Morgan fingerprint density at radius 2 is 1.55 bits per heavy atom. The molecule has 0 bridgehead atoms. The molecule has 5 nitrogen and oxygen atoms in total. The first-order chi connectivity index (χ1) is 10.6. The molecular formula is C17H19NO4. The lowest BCUT2D eigenvalue weighted by atomic mass is 10.2. The highest BCUT2D eigenvalue weighted by Crippen LogP contribution is 2.27. The molecule has 0 saturated carbocycles. The van der Waals surface area contributed by atoms with E-state index < -0.39 is 4.92 Å². The second-order valence-electron chi connectivity index (χ2n) is 5.13. The van der Waals surface area contributed by atoms with E-state index in [1.54, 1.807) is 18.2 Å². The third kappa shape index (κ3) is 4.48. The molecule has 0 N–H and O–H groups in total. The van der Waals surface area contributed by atoms with E-state index in [4.69, 9.17) is 9.47 Å². The second kappa shape index (κ2) is 7.45. The van der Waals surface area contributed by atoms with Crippen molar-refractivity contribution in [2.75, 3.05) is 0 Å². The van der Waals surface area contributed by atoms with Gasteiger partial charge in [-0.2, -0.15) is 0 Å². The molecule has 22 heavy (non-hydrogen) atoms. The first-order valence-electron chi connectivity index (χ1n) is 7.18. The summed E-state index contributed by atoms with van der Waals surface area (Å²) >= 11 is 0. The largest absolute Gasteiger partial charge is 0.491 e. The monoisotopic (exact) mass is 301 g/mol. The van der Waals surface area contributed by atoms with Crippen LogP contribution in [0, 0.1) is 10.1 Å². The van der Waals surface area contributed by atoms with E-state index in [9.17, 15) is 10.1 Å². The minimum atomic E-state index is -0.439. The number of benzene rings is 2. The maximum Gasteiger partial charge on any atom is 0.310 e. The van der Waals surface area contributed by atoms with Gasteiger partial charge in [-0.05, 0) is 32.0 Å². The van der Waals surface area contributed by atoms with E-state index in [0.717, 1.165) is 5.75 Å². The van der Waals surface area contributed by atoms with Crippen molar-refractivity contribution in [2.24, 2.45) is 0 Å². The van der Waals surface area contributed by atoms with Gasteiger partial charge in [0.2, 0.25) is 0 Å². The summed E-state index contributed by atoms with van der Waals surface area (Å²) in [6, 6.07) is 15.9. The van der Waals surface area contributed by atoms with Gasteiger partial charge in [-0.3, -0.25) is 10.1 Å². The third-order valence-electron chi connectivity index (χ3n) is 3.13. The summed E-state index contributed by atoms with van der Waals surface area (Å²) in [5, 5.41) is 11.0. The van der Waals surface area contributed by atoms with E-state index in [0.29, 0.717) is 6.42 Å². The minimum Gasteiger partial charge on any atom is -0.491 e. The van der Waals surface area contributed by atoms with Crippen LogP contribution in [0.15, 0.2) is 54.6 Å². The van der Waals surface area contributed by atoms with Gasteiger partial charge in [0.1, 0.15) is 5.75 Å². The Bertz CT molecular complexity index is 615. The smallest absolute Gasteiger partial charge is 0.310 e. The quantitative estimate of drug-likeness (QED) is 0.567. The molecular weight excluding hydrogens is 282 g/mol. The van der Waals surface area contributed by atoms with Crippen LogP contribution in [0.1, 0.15) is 20.3 Å². The van der Waals surface area contributed by atoms with Crippen LogP contribution in [0.5, 0.6) is 11.5 Å². The Labute approximate surface area is 129 Å². The van der Waals surface area contributed by atoms with Crippen LogP contribution in [-0.4, -0.2) is 17.1 Å². The normalized spacial score (nSPS) is 13.2.